The Morgan fingerprint density at radius 2 is 2.08 bits per heavy atom. The van der Waals surface area contributed by atoms with E-state index >= 15 is 0 Å². The topological polar surface area (TPSA) is 32.3 Å². The van der Waals surface area contributed by atoms with Crippen LogP contribution in [-0.2, 0) is 4.79 Å². The molecule has 1 unspecified atom stereocenters. The molecule has 1 aliphatic carbocycles. The molecule has 1 aliphatic heterocycles. The van der Waals surface area contributed by atoms with E-state index in [0.29, 0.717) is 6.04 Å². The van der Waals surface area contributed by atoms with Crippen LogP contribution in [0, 0.1) is 0 Å². The van der Waals surface area contributed by atoms with Gasteiger partial charge in [-0.2, -0.15) is 0 Å². The quantitative estimate of drug-likeness (QED) is 0.683. The highest BCUT2D eigenvalue weighted by molar-refractivity contribution is 5.81. The average molecular weight is 182 g/mol. The molecule has 3 nitrogen and oxygen atoms in total. The lowest BCUT2D eigenvalue weighted by atomic mass is 9.91. The summed E-state index contributed by atoms with van der Waals surface area (Å²) < 4.78 is 0. The molecule has 2 aliphatic rings. The molecule has 1 amide bonds. The van der Waals surface area contributed by atoms with Crippen molar-refractivity contribution in [2.24, 2.45) is 0 Å². The molecule has 0 aromatic rings. The van der Waals surface area contributed by atoms with E-state index in [2.05, 4.69) is 10.2 Å². The summed E-state index contributed by atoms with van der Waals surface area (Å²) in [5.41, 5.74) is 0. The number of carbonyl (C=O) groups excluding carboxylic acids is 1. The molecular formula is C10H18N2O. The maximum absolute atomic E-state index is 11.5. The van der Waals surface area contributed by atoms with Gasteiger partial charge in [0, 0.05) is 13.1 Å². The smallest absolute Gasteiger partial charge is 0.237 e. The van der Waals surface area contributed by atoms with Crippen LogP contribution in [0.1, 0.15) is 32.1 Å². The van der Waals surface area contributed by atoms with Crippen LogP contribution in [0.25, 0.3) is 0 Å². The average Bonchev–Trinajstić information content (AvgIpc) is 2.49. The minimum Gasteiger partial charge on any atom is -0.358 e. The van der Waals surface area contributed by atoms with Crippen molar-refractivity contribution < 1.29 is 4.79 Å². The second kappa shape index (κ2) is 3.66. The number of nitrogens with zero attached hydrogens (tertiary/aromatic N) is 1. The minimum atomic E-state index is 0.176. The number of likely N-dealkylation sites (tertiary alicyclic amines) is 1. The van der Waals surface area contributed by atoms with Gasteiger partial charge in [0.1, 0.15) is 0 Å². The SMILES string of the molecule is CNC(=O)C1CCCN1C1CCC1. The maximum atomic E-state index is 11.5. The van der Waals surface area contributed by atoms with Gasteiger partial charge in [-0.1, -0.05) is 6.42 Å². The second-order valence-corrected chi connectivity index (χ2v) is 4.09. The first-order valence-corrected chi connectivity index (χ1v) is 5.30. The van der Waals surface area contributed by atoms with E-state index in [4.69, 9.17) is 0 Å². The van der Waals surface area contributed by atoms with Crippen LogP contribution in [0.2, 0.25) is 0 Å². The maximum Gasteiger partial charge on any atom is 0.237 e. The Kier molecular flexibility index (Phi) is 2.54. The van der Waals surface area contributed by atoms with Crippen molar-refractivity contribution in [2.75, 3.05) is 13.6 Å². The van der Waals surface area contributed by atoms with Crippen LogP contribution < -0.4 is 5.32 Å². The number of nitrogens with one attached hydrogen (secondary N) is 1. The van der Waals surface area contributed by atoms with E-state index in [9.17, 15) is 4.79 Å². The number of amides is 1. The molecule has 1 N–H and O–H groups in total. The molecule has 0 spiro atoms. The summed E-state index contributed by atoms with van der Waals surface area (Å²) in [5, 5.41) is 2.76. The lowest BCUT2D eigenvalue weighted by Gasteiger charge is -2.37. The van der Waals surface area contributed by atoms with Gasteiger partial charge in [0.15, 0.2) is 0 Å². The first kappa shape index (κ1) is 9.00. The Balaban J connectivity index is 1.96. The van der Waals surface area contributed by atoms with E-state index in [1.54, 1.807) is 7.05 Å². The lowest BCUT2D eigenvalue weighted by molar-refractivity contribution is -0.126. The van der Waals surface area contributed by atoms with Gasteiger partial charge in [-0.3, -0.25) is 9.69 Å². The Morgan fingerprint density at radius 1 is 1.31 bits per heavy atom. The fourth-order valence-electron chi connectivity index (χ4n) is 2.39. The molecule has 2 rings (SSSR count). The van der Waals surface area contributed by atoms with Gasteiger partial charge in [-0.15, -0.1) is 0 Å². The van der Waals surface area contributed by atoms with Crippen LogP contribution in [0.4, 0.5) is 0 Å². The van der Waals surface area contributed by atoms with E-state index in [1.165, 1.54) is 25.7 Å². The normalized spacial score (nSPS) is 30.1. The standard InChI is InChI=1S/C10H18N2O/c1-11-10(13)9-6-3-7-12(9)8-4-2-5-8/h8-9H,2-7H2,1H3,(H,11,13). The second-order valence-electron chi connectivity index (χ2n) is 4.09. The molecule has 13 heavy (non-hydrogen) atoms. The Hall–Kier alpha value is -0.570. The predicted molar refractivity (Wildman–Crippen MR) is 51.4 cm³/mol. The van der Waals surface area contributed by atoms with Gasteiger partial charge < -0.3 is 5.32 Å². The monoisotopic (exact) mass is 182 g/mol. The molecule has 0 radical (unpaired) electrons. The number of hydrogen-bond acceptors (Lipinski definition) is 2. The molecule has 74 valence electrons. The summed E-state index contributed by atoms with van der Waals surface area (Å²) in [5.74, 6) is 0.212. The third kappa shape index (κ3) is 1.57. The van der Waals surface area contributed by atoms with Crippen molar-refractivity contribution >= 4 is 5.91 Å². The minimum absolute atomic E-state index is 0.176. The third-order valence-corrected chi connectivity index (χ3v) is 3.39. The van der Waals surface area contributed by atoms with Gasteiger partial charge in [0.25, 0.3) is 0 Å². The van der Waals surface area contributed by atoms with Gasteiger partial charge in [-0.05, 0) is 32.2 Å². The summed E-state index contributed by atoms with van der Waals surface area (Å²) in [6, 6.07) is 0.889. The van der Waals surface area contributed by atoms with Crippen molar-refractivity contribution in [1.29, 1.82) is 0 Å². The van der Waals surface area contributed by atoms with E-state index in [0.717, 1.165) is 13.0 Å². The van der Waals surface area contributed by atoms with Gasteiger partial charge in [0.2, 0.25) is 5.91 Å². The molecule has 1 saturated carbocycles. The summed E-state index contributed by atoms with van der Waals surface area (Å²) in [7, 11) is 1.74. The van der Waals surface area contributed by atoms with Crippen LogP contribution >= 0.6 is 0 Å². The first-order valence-electron chi connectivity index (χ1n) is 5.30. The Morgan fingerprint density at radius 3 is 2.62 bits per heavy atom. The number of carbonyl (C=O) groups is 1. The molecule has 1 heterocycles. The van der Waals surface area contributed by atoms with E-state index < -0.39 is 0 Å². The molecule has 0 aromatic heterocycles. The van der Waals surface area contributed by atoms with E-state index in [-0.39, 0.29) is 11.9 Å². The number of likely N-dealkylation sites (N-methyl/N-ethyl adjacent to an activating group) is 1. The lowest BCUT2D eigenvalue weighted by Crippen LogP contribution is -2.49. The highest BCUT2D eigenvalue weighted by atomic mass is 16.2. The fourth-order valence-corrected chi connectivity index (χ4v) is 2.39. The van der Waals surface area contributed by atoms with Crippen LogP contribution in [0.3, 0.4) is 0 Å². The van der Waals surface area contributed by atoms with Crippen molar-refractivity contribution in [1.82, 2.24) is 10.2 Å². The van der Waals surface area contributed by atoms with Crippen molar-refractivity contribution in [3.8, 4) is 0 Å². The van der Waals surface area contributed by atoms with Gasteiger partial charge in [0.05, 0.1) is 6.04 Å². The molecular weight excluding hydrogens is 164 g/mol. The highest BCUT2D eigenvalue weighted by Crippen LogP contribution is 2.31. The summed E-state index contributed by atoms with van der Waals surface area (Å²) in [6.45, 7) is 1.13. The molecule has 2 fully saturated rings. The van der Waals surface area contributed by atoms with Crippen molar-refractivity contribution in [3.05, 3.63) is 0 Å². The largest absolute Gasteiger partial charge is 0.358 e. The van der Waals surface area contributed by atoms with Crippen LogP contribution in [0.15, 0.2) is 0 Å². The zero-order valence-electron chi connectivity index (χ0n) is 8.25. The summed E-state index contributed by atoms with van der Waals surface area (Å²) in [4.78, 5) is 13.9. The summed E-state index contributed by atoms with van der Waals surface area (Å²) >= 11 is 0. The molecule has 0 aromatic carbocycles. The van der Waals surface area contributed by atoms with Crippen LogP contribution in [0.5, 0.6) is 0 Å². The molecule has 1 atom stereocenters. The Labute approximate surface area is 79.5 Å². The highest BCUT2D eigenvalue weighted by Gasteiger charge is 2.36. The third-order valence-electron chi connectivity index (χ3n) is 3.39. The van der Waals surface area contributed by atoms with Crippen molar-refractivity contribution in [3.63, 3.8) is 0 Å². The fraction of sp³-hybridized carbons (Fsp3) is 0.900. The van der Waals surface area contributed by atoms with Crippen molar-refractivity contribution in [2.45, 2.75) is 44.2 Å². The summed E-state index contributed by atoms with van der Waals surface area (Å²) in [6.07, 6.45) is 6.19. The zero-order valence-corrected chi connectivity index (χ0v) is 8.25. The molecule has 1 saturated heterocycles. The van der Waals surface area contributed by atoms with Crippen LogP contribution in [-0.4, -0.2) is 36.5 Å². The number of rotatable bonds is 2. The molecule has 0 bridgehead atoms. The van der Waals surface area contributed by atoms with Gasteiger partial charge in [-0.25, -0.2) is 0 Å². The number of hydrogen-bond donors (Lipinski definition) is 1. The first-order chi connectivity index (χ1) is 6.33. The van der Waals surface area contributed by atoms with Gasteiger partial charge >= 0.3 is 0 Å². The predicted octanol–water partition coefficient (Wildman–Crippen LogP) is 0.749. The van der Waals surface area contributed by atoms with E-state index in [1.807, 2.05) is 0 Å². The molecule has 3 heteroatoms. The zero-order chi connectivity index (χ0) is 9.26. The Bertz CT molecular complexity index is 201.